The molecule has 2 aromatic carbocycles. The number of hydrogen-bond donors (Lipinski definition) is 1. The van der Waals surface area contributed by atoms with Gasteiger partial charge in [0.25, 0.3) is 5.91 Å². The molecule has 0 aliphatic carbocycles. The minimum absolute atomic E-state index is 0.171. The first-order valence-electron chi connectivity index (χ1n) is 8.88. The van der Waals surface area contributed by atoms with Crippen molar-refractivity contribution in [3.8, 4) is 5.75 Å². The number of anilines is 1. The lowest BCUT2D eigenvalue weighted by molar-refractivity contribution is 0.0950. The second-order valence-electron chi connectivity index (χ2n) is 6.25. The van der Waals surface area contributed by atoms with Gasteiger partial charge in [-0.1, -0.05) is 30.3 Å². The van der Waals surface area contributed by atoms with Crippen molar-refractivity contribution in [3.63, 3.8) is 0 Å². The lowest BCUT2D eigenvalue weighted by Gasteiger charge is -2.29. The molecule has 1 aliphatic rings. The molecule has 27 heavy (non-hydrogen) atoms. The van der Waals surface area contributed by atoms with Crippen LogP contribution in [0.25, 0.3) is 10.2 Å². The molecule has 6 nitrogen and oxygen atoms in total. The van der Waals surface area contributed by atoms with Crippen molar-refractivity contribution in [2.24, 2.45) is 0 Å². The highest BCUT2D eigenvalue weighted by Crippen LogP contribution is 2.37. The quantitative estimate of drug-likeness (QED) is 0.734. The molecule has 1 aromatic heterocycles. The molecule has 1 amide bonds. The van der Waals surface area contributed by atoms with Crippen LogP contribution in [0.1, 0.15) is 15.4 Å². The highest BCUT2D eigenvalue weighted by atomic mass is 32.1. The molecule has 1 saturated heterocycles. The van der Waals surface area contributed by atoms with Gasteiger partial charge in [0.15, 0.2) is 5.01 Å². The maximum Gasteiger partial charge on any atom is 0.280 e. The first-order valence-corrected chi connectivity index (χ1v) is 9.70. The molecular formula is C20H21N3O3S. The Kier molecular flexibility index (Phi) is 5.22. The average Bonchev–Trinajstić information content (AvgIpc) is 3.18. The third kappa shape index (κ3) is 3.74. The van der Waals surface area contributed by atoms with Crippen LogP contribution >= 0.6 is 11.3 Å². The normalized spacial score (nSPS) is 14.3. The number of ether oxygens (including phenoxy) is 2. The maximum absolute atomic E-state index is 12.6. The molecule has 4 rings (SSSR count). The van der Waals surface area contributed by atoms with Crippen molar-refractivity contribution in [3.05, 3.63) is 53.0 Å². The highest BCUT2D eigenvalue weighted by molar-refractivity contribution is 7.21. The predicted octanol–water partition coefficient (Wildman–Crippen LogP) is 3.07. The van der Waals surface area contributed by atoms with E-state index in [4.69, 9.17) is 9.47 Å². The fraction of sp³-hybridized carbons (Fsp3) is 0.300. The van der Waals surface area contributed by atoms with Gasteiger partial charge in [-0.05, 0) is 17.7 Å². The Labute approximate surface area is 161 Å². The molecule has 0 saturated carbocycles. The van der Waals surface area contributed by atoms with E-state index < -0.39 is 0 Å². The van der Waals surface area contributed by atoms with Crippen LogP contribution in [0.4, 0.5) is 5.69 Å². The van der Waals surface area contributed by atoms with E-state index in [1.165, 1.54) is 11.3 Å². The van der Waals surface area contributed by atoms with Crippen molar-refractivity contribution in [2.75, 3.05) is 38.3 Å². The van der Waals surface area contributed by atoms with E-state index in [9.17, 15) is 4.79 Å². The Hall–Kier alpha value is -2.64. The first kappa shape index (κ1) is 17.8. The maximum atomic E-state index is 12.6. The summed E-state index contributed by atoms with van der Waals surface area (Å²) in [4.78, 5) is 19.5. The summed E-state index contributed by atoms with van der Waals surface area (Å²) < 4.78 is 11.9. The monoisotopic (exact) mass is 383 g/mol. The Morgan fingerprint density at radius 3 is 2.74 bits per heavy atom. The molecule has 3 aromatic rings. The standard InChI is InChI=1S/C20H21N3O3S/c1-25-16-8-7-15(23-9-11-26-12-10-23)18-17(16)22-20(27-18)19(24)21-13-14-5-3-2-4-6-14/h2-8H,9-13H2,1H3,(H,21,24). The van der Waals surface area contributed by atoms with Crippen LogP contribution in [0.3, 0.4) is 0 Å². The summed E-state index contributed by atoms with van der Waals surface area (Å²) in [5.41, 5.74) is 2.86. The van der Waals surface area contributed by atoms with E-state index >= 15 is 0 Å². The van der Waals surface area contributed by atoms with Gasteiger partial charge in [0.1, 0.15) is 11.3 Å². The molecule has 0 atom stereocenters. The third-order valence-corrected chi connectivity index (χ3v) is 5.62. The van der Waals surface area contributed by atoms with Gasteiger partial charge in [-0.3, -0.25) is 4.79 Å². The highest BCUT2D eigenvalue weighted by Gasteiger charge is 2.21. The van der Waals surface area contributed by atoms with E-state index in [0.29, 0.717) is 30.5 Å². The number of nitrogens with one attached hydrogen (secondary N) is 1. The summed E-state index contributed by atoms with van der Waals surface area (Å²) in [5.74, 6) is 0.510. The number of morpholine rings is 1. The zero-order valence-electron chi connectivity index (χ0n) is 15.1. The predicted molar refractivity (Wildman–Crippen MR) is 107 cm³/mol. The van der Waals surface area contributed by atoms with Gasteiger partial charge < -0.3 is 19.7 Å². The summed E-state index contributed by atoms with van der Waals surface area (Å²) in [6.07, 6.45) is 0. The zero-order valence-corrected chi connectivity index (χ0v) is 15.9. The van der Waals surface area contributed by atoms with Crippen molar-refractivity contribution in [1.29, 1.82) is 0 Å². The molecule has 2 heterocycles. The first-order chi connectivity index (χ1) is 13.3. The Balaban J connectivity index is 1.62. The van der Waals surface area contributed by atoms with Gasteiger partial charge in [-0.2, -0.15) is 0 Å². The van der Waals surface area contributed by atoms with Gasteiger partial charge in [0, 0.05) is 19.6 Å². The minimum Gasteiger partial charge on any atom is -0.494 e. The largest absolute Gasteiger partial charge is 0.494 e. The van der Waals surface area contributed by atoms with Gasteiger partial charge in [0.05, 0.1) is 30.7 Å². The van der Waals surface area contributed by atoms with E-state index in [1.54, 1.807) is 7.11 Å². The number of thiazole rings is 1. The van der Waals surface area contributed by atoms with E-state index in [-0.39, 0.29) is 5.91 Å². The van der Waals surface area contributed by atoms with Gasteiger partial charge in [-0.15, -0.1) is 11.3 Å². The van der Waals surface area contributed by atoms with Crippen LogP contribution in [0, 0.1) is 0 Å². The number of hydrogen-bond acceptors (Lipinski definition) is 6. The van der Waals surface area contributed by atoms with Gasteiger partial charge >= 0.3 is 0 Å². The Morgan fingerprint density at radius 2 is 2.00 bits per heavy atom. The van der Waals surface area contributed by atoms with Crippen LogP contribution in [0.5, 0.6) is 5.75 Å². The molecule has 0 spiro atoms. The average molecular weight is 383 g/mol. The zero-order chi connectivity index (χ0) is 18.6. The third-order valence-electron chi connectivity index (χ3n) is 4.55. The molecule has 1 aliphatic heterocycles. The summed E-state index contributed by atoms with van der Waals surface area (Å²) >= 11 is 1.40. The Bertz CT molecular complexity index is 936. The van der Waals surface area contributed by atoms with Crippen LogP contribution < -0.4 is 15.0 Å². The lowest BCUT2D eigenvalue weighted by atomic mass is 10.2. The summed E-state index contributed by atoms with van der Waals surface area (Å²) in [7, 11) is 1.62. The molecule has 0 bridgehead atoms. The summed E-state index contributed by atoms with van der Waals surface area (Å²) in [5, 5.41) is 3.39. The number of amides is 1. The Morgan fingerprint density at radius 1 is 1.22 bits per heavy atom. The number of benzene rings is 2. The topological polar surface area (TPSA) is 63.7 Å². The SMILES string of the molecule is COc1ccc(N2CCOCC2)c2sc(C(=O)NCc3ccccc3)nc12. The van der Waals surface area contributed by atoms with Crippen molar-refractivity contribution in [1.82, 2.24) is 10.3 Å². The van der Waals surface area contributed by atoms with Crippen molar-refractivity contribution >= 4 is 33.1 Å². The number of methoxy groups -OCH3 is 1. The molecule has 1 N–H and O–H groups in total. The van der Waals surface area contributed by atoms with Crippen molar-refractivity contribution in [2.45, 2.75) is 6.54 Å². The smallest absolute Gasteiger partial charge is 0.280 e. The van der Waals surface area contributed by atoms with Crippen LogP contribution in [-0.4, -0.2) is 44.3 Å². The molecule has 0 unspecified atom stereocenters. The molecular weight excluding hydrogens is 362 g/mol. The number of rotatable bonds is 5. The second kappa shape index (κ2) is 7.94. The number of carbonyl (C=O) groups excluding carboxylic acids is 1. The lowest BCUT2D eigenvalue weighted by Crippen LogP contribution is -2.36. The van der Waals surface area contributed by atoms with Gasteiger partial charge in [-0.25, -0.2) is 4.98 Å². The number of aromatic nitrogens is 1. The van der Waals surface area contributed by atoms with E-state index in [1.807, 2.05) is 42.5 Å². The van der Waals surface area contributed by atoms with Crippen LogP contribution in [0.15, 0.2) is 42.5 Å². The number of carbonyl (C=O) groups is 1. The molecule has 0 radical (unpaired) electrons. The molecule has 140 valence electrons. The summed E-state index contributed by atoms with van der Waals surface area (Å²) in [6, 6.07) is 13.8. The van der Waals surface area contributed by atoms with Crippen molar-refractivity contribution < 1.29 is 14.3 Å². The second-order valence-corrected chi connectivity index (χ2v) is 7.25. The molecule has 1 fully saturated rings. The molecule has 7 heteroatoms. The fourth-order valence-electron chi connectivity index (χ4n) is 3.14. The van der Waals surface area contributed by atoms with E-state index in [2.05, 4.69) is 15.2 Å². The van der Waals surface area contributed by atoms with E-state index in [0.717, 1.165) is 34.6 Å². The minimum atomic E-state index is -0.171. The van der Waals surface area contributed by atoms with Crippen LogP contribution in [0.2, 0.25) is 0 Å². The number of nitrogens with zero attached hydrogens (tertiary/aromatic N) is 2. The number of fused-ring (bicyclic) bond motifs is 1. The van der Waals surface area contributed by atoms with Crippen LogP contribution in [-0.2, 0) is 11.3 Å². The summed E-state index contributed by atoms with van der Waals surface area (Å²) in [6.45, 7) is 3.54. The fourth-order valence-corrected chi connectivity index (χ4v) is 4.18. The van der Waals surface area contributed by atoms with Gasteiger partial charge in [0.2, 0.25) is 0 Å².